The Kier molecular flexibility index (Phi) is 4.60. The van der Waals surface area contributed by atoms with Gasteiger partial charge in [0.1, 0.15) is 17.5 Å². The largest absolute Gasteiger partial charge is 0.383 e. The number of halogens is 1. The summed E-state index contributed by atoms with van der Waals surface area (Å²) in [4.78, 5) is 8.89. The summed E-state index contributed by atoms with van der Waals surface area (Å²) in [7, 11) is 0. The average molecular weight is 335 g/mol. The molecule has 4 nitrogen and oxygen atoms in total. The van der Waals surface area contributed by atoms with Gasteiger partial charge < -0.3 is 11.1 Å². The highest BCUT2D eigenvalue weighted by molar-refractivity contribution is 9.10. The molecule has 1 aromatic heterocycles. The van der Waals surface area contributed by atoms with E-state index >= 15 is 0 Å². The number of nitrogen functional groups attached to an aromatic ring is 1. The number of hydrogen-bond donors (Lipinski definition) is 2. The third-order valence-corrected chi connectivity index (χ3v) is 3.64. The molecule has 0 unspecified atom stereocenters. The monoisotopic (exact) mass is 334 g/mol. The predicted octanol–water partition coefficient (Wildman–Crippen LogP) is 4.13. The lowest BCUT2D eigenvalue weighted by atomic mass is 10.2. The van der Waals surface area contributed by atoms with Crippen molar-refractivity contribution in [3.05, 3.63) is 39.6 Å². The number of hydrogen-bond acceptors (Lipinski definition) is 4. The Balaban J connectivity index is 2.37. The molecular formula is C15H19BrN4. The number of nitrogens with one attached hydrogen (secondary N) is 1. The first kappa shape index (κ1) is 14.8. The summed E-state index contributed by atoms with van der Waals surface area (Å²) in [5.74, 6) is 2.11. The second-order valence-corrected chi connectivity index (χ2v) is 5.75. The lowest BCUT2D eigenvalue weighted by Crippen LogP contribution is -2.07. The maximum Gasteiger partial charge on any atom is 0.139 e. The highest BCUT2D eigenvalue weighted by atomic mass is 79.9. The van der Waals surface area contributed by atoms with Gasteiger partial charge in [0, 0.05) is 22.1 Å². The van der Waals surface area contributed by atoms with E-state index in [1.54, 1.807) is 0 Å². The van der Waals surface area contributed by atoms with Crippen molar-refractivity contribution in [1.82, 2.24) is 9.97 Å². The van der Waals surface area contributed by atoms with Crippen LogP contribution < -0.4 is 11.1 Å². The zero-order chi connectivity index (χ0) is 14.7. The molecule has 1 heterocycles. The van der Waals surface area contributed by atoms with Crippen LogP contribution in [0.15, 0.2) is 22.7 Å². The Morgan fingerprint density at radius 3 is 2.65 bits per heavy atom. The van der Waals surface area contributed by atoms with Crippen molar-refractivity contribution in [2.75, 3.05) is 11.1 Å². The molecule has 0 bridgehead atoms. The van der Waals surface area contributed by atoms with Crippen molar-refractivity contribution in [3.8, 4) is 0 Å². The minimum Gasteiger partial charge on any atom is -0.383 e. The van der Waals surface area contributed by atoms with Crippen molar-refractivity contribution >= 4 is 33.3 Å². The van der Waals surface area contributed by atoms with Crippen molar-refractivity contribution in [1.29, 1.82) is 0 Å². The quantitative estimate of drug-likeness (QED) is 0.882. The number of nitrogens with two attached hydrogens (primary N) is 1. The summed E-state index contributed by atoms with van der Waals surface area (Å²) >= 11 is 3.47. The van der Waals surface area contributed by atoms with Crippen molar-refractivity contribution in [2.24, 2.45) is 0 Å². The maximum absolute atomic E-state index is 5.97. The predicted molar refractivity (Wildman–Crippen MR) is 87.3 cm³/mol. The number of aryl methyl sites for hydroxylation is 2. The fraction of sp³-hybridized carbons (Fsp3) is 0.333. The van der Waals surface area contributed by atoms with E-state index in [4.69, 9.17) is 5.73 Å². The van der Waals surface area contributed by atoms with Gasteiger partial charge >= 0.3 is 0 Å². The van der Waals surface area contributed by atoms with Crippen molar-refractivity contribution in [3.63, 3.8) is 0 Å². The second kappa shape index (κ2) is 6.22. The molecule has 106 valence electrons. The van der Waals surface area contributed by atoms with Crippen LogP contribution in [-0.2, 0) is 6.42 Å². The van der Waals surface area contributed by atoms with E-state index in [1.165, 1.54) is 0 Å². The van der Waals surface area contributed by atoms with E-state index in [0.29, 0.717) is 5.82 Å². The van der Waals surface area contributed by atoms with Crippen LogP contribution in [-0.4, -0.2) is 9.97 Å². The molecular weight excluding hydrogens is 316 g/mol. The number of nitrogens with zero attached hydrogens (tertiary/aromatic N) is 2. The first-order valence-electron chi connectivity index (χ1n) is 6.67. The first-order valence-corrected chi connectivity index (χ1v) is 7.46. The molecule has 0 aliphatic carbocycles. The van der Waals surface area contributed by atoms with Gasteiger partial charge in [0.05, 0.1) is 0 Å². The maximum atomic E-state index is 5.97. The molecule has 0 amide bonds. The highest BCUT2D eigenvalue weighted by Gasteiger charge is 2.09. The van der Waals surface area contributed by atoms with Crippen LogP contribution in [0.1, 0.15) is 30.3 Å². The SMILES string of the molecule is CCCc1nc(N)c(C)c(Nc2ccc(Br)cc2C)n1. The van der Waals surface area contributed by atoms with E-state index in [9.17, 15) is 0 Å². The van der Waals surface area contributed by atoms with Crippen LogP contribution in [0.2, 0.25) is 0 Å². The van der Waals surface area contributed by atoms with E-state index in [2.05, 4.69) is 51.1 Å². The van der Waals surface area contributed by atoms with E-state index < -0.39 is 0 Å². The van der Waals surface area contributed by atoms with Gasteiger partial charge in [-0.25, -0.2) is 9.97 Å². The summed E-state index contributed by atoms with van der Waals surface area (Å²) in [6.07, 6.45) is 1.83. The molecule has 0 saturated heterocycles. The lowest BCUT2D eigenvalue weighted by Gasteiger charge is -2.13. The summed E-state index contributed by atoms with van der Waals surface area (Å²) in [6, 6.07) is 6.09. The van der Waals surface area contributed by atoms with Gasteiger partial charge in [-0.15, -0.1) is 0 Å². The van der Waals surface area contributed by atoms with Crippen LogP contribution >= 0.6 is 15.9 Å². The smallest absolute Gasteiger partial charge is 0.139 e. The highest BCUT2D eigenvalue weighted by Crippen LogP contribution is 2.26. The number of aromatic nitrogens is 2. The van der Waals surface area contributed by atoms with Gasteiger partial charge in [0.25, 0.3) is 0 Å². The molecule has 0 saturated carbocycles. The zero-order valence-corrected chi connectivity index (χ0v) is 13.6. The van der Waals surface area contributed by atoms with Crippen molar-refractivity contribution < 1.29 is 0 Å². The Bertz CT molecular complexity index is 626. The van der Waals surface area contributed by atoms with E-state index in [1.807, 2.05) is 19.1 Å². The van der Waals surface area contributed by atoms with Crippen LogP contribution in [0.4, 0.5) is 17.3 Å². The van der Waals surface area contributed by atoms with Gasteiger partial charge in [-0.05, 0) is 44.0 Å². The average Bonchev–Trinajstić information content (AvgIpc) is 2.39. The molecule has 5 heteroatoms. The molecule has 1 aromatic carbocycles. The Labute approximate surface area is 128 Å². The minimum absolute atomic E-state index is 0.542. The lowest BCUT2D eigenvalue weighted by molar-refractivity contribution is 0.836. The molecule has 0 radical (unpaired) electrons. The Hall–Kier alpha value is -1.62. The molecule has 0 aliphatic heterocycles. The van der Waals surface area contributed by atoms with Gasteiger partial charge in [0.15, 0.2) is 0 Å². The van der Waals surface area contributed by atoms with Crippen LogP contribution in [0.5, 0.6) is 0 Å². The Morgan fingerprint density at radius 2 is 2.00 bits per heavy atom. The number of rotatable bonds is 4. The zero-order valence-electron chi connectivity index (χ0n) is 12.0. The molecule has 0 fully saturated rings. The molecule has 0 spiro atoms. The first-order chi connectivity index (χ1) is 9.51. The van der Waals surface area contributed by atoms with Crippen LogP contribution in [0.3, 0.4) is 0 Å². The van der Waals surface area contributed by atoms with Crippen molar-refractivity contribution in [2.45, 2.75) is 33.6 Å². The Morgan fingerprint density at radius 1 is 1.25 bits per heavy atom. The van der Waals surface area contributed by atoms with Gasteiger partial charge in [-0.3, -0.25) is 0 Å². The molecule has 0 atom stereocenters. The van der Waals surface area contributed by atoms with Gasteiger partial charge in [-0.2, -0.15) is 0 Å². The fourth-order valence-electron chi connectivity index (χ4n) is 1.93. The second-order valence-electron chi connectivity index (χ2n) is 4.83. The molecule has 20 heavy (non-hydrogen) atoms. The third kappa shape index (κ3) is 3.28. The minimum atomic E-state index is 0.542. The van der Waals surface area contributed by atoms with Gasteiger partial charge in [0.2, 0.25) is 0 Å². The fourth-order valence-corrected chi connectivity index (χ4v) is 2.41. The van der Waals surface area contributed by atoms with Crippen LogP contribution in [0.25, 0.3) is 0 Å². The summed E-state index contributed by atoms with van der Waals surface area (Å²) in [6.45, 7) is 6.09. The molecule has 2 rings (SSSR count). The summed E-state index contributed by atoms with van der Waals surface area (Å²) in [5.41, 5.74) is 9.02. The topological polar surface area (TPSA) is 63.8 Å². The standard InChI is InChI=1S/C15H19BrN4/c1-4-5-13-19-14(17)10(3)15(20-13)18-12-7-6-11(16)8-9(12)2/h6-8H,4-5H2,1-3H3,(H3,17,18,19,20). The van der Waals surface area contributed by atoms with E-state index in [-0.39, 0.29) is 0 Å². The number of benzene rings is 1. The van der Waals surface area contributed by atoms with Crippen LogP contribution in [0, 0.1) is 13.8 Å². The summed E-state index contributed by atoms with van der Waals surface area (Å²) in [5, 5.41) is 3.36. The number of anilines is 3. The van der Waals surface area contributed by atoms with Gasteiger partial charge in [-0.1, -0.05) is 22.9 Å². The third-order valence-electron chi connectivity index (χ3n) is 3.14. The molecule has 2 aromatic rings. The normalized spacial score (nSPS) is 10.6. The molecule has 0 aliphatic rings. The summed E-state index contributed by atoms with van der Waals surface area (Å²) < 4.78 is 1.06. The molecule has 3 N–H and O–H groups in total. The van der Waals surface area contributed by atoms with E-state index in [0.717, 1.165) is 45.8 Å².